The normalized spacial score (nSPS) is 11.9. The van der Waals surface area contributed by atoms with Crippen LogP contribution in [0.25, 0.3) is 46.1 Å². The number of piperazine rings is 1. The van der Waals surface area contributed by atoms with Crippen LogP contribution >= 0.6 is 70.2 Å². The minimum absolute atomic E-state index is 0.0750. The highest BCUT2D eigenvalue weighted by Crippen LogP contribution is 2.27. The van der Waals surface area contributed by atoms with Gasteiger partial charge < -0.3 is 20.4 Å². The lowest BCUT2D eigenvalue weighted by molar-refractivity contribution is -0.116. The summed E-state index contributed by atoms with van der Waals surface area (Å²) in [5, 5.41) is 18.4. The Balaban J connectivity index is 0.000000171. The van der Waals surface area contributed by atoms with Gasteiger partial charge in [-0.2, -0.15) is 39.9 Å². The summed E-state index contributed by atoms with van der Waals surface area (Å²) in [6.07, 6.45) is 17.5. The maximum Gasteiger partial charge on any atom is 0.259 e. The zero-order valence-corrected chi connectivity index (χ0v) is 66.2. The van der Waals surface area contributed by atoms with Gasteiger partial charge >= 0.3 is 0 Å². The van der Waals surface area contributed by atoms with Crippen molar-refractivity contribution in [1.29, 1.82) is 0 Å². The fraction of sp³-hybridized carbons (Fsp3) is 0.216. The summed E-state index contributed by atoms with van der Waals surface area (Å²) in [5.41, 5.74) is 5.43. The van der Waals surface area contributed by atoms with Crippen molar-refractivity contribution in [2.24, 2.45) is 0 Å². The van der Waals surface area contributed by atoms with E-state index in [1.807, 2.05) is 117 Å². The van der Waals surface area contributed by atoms with Crippen molar-refractivity contribution in [3.8, 4) is 46.1 Å². The molecule has 0 spiro atoms. The van der Waals surface area contributed by atoms with Gasteiger partial charge in [0.2, 0.25) is 41.5 Å². The number of aromatic nitrogens is 16. The van der Waals surface area contributed by atoms with E-state index in [1.165, 1.54) is 83.8 Å². The number of nitrogens with one attached hydrogen (secondary N) is 6. The molecule has 3 aromatic carbocycles. The predicted octanol–water partition coefficient (Wildman–Crippen LogP) is 11.8. The Morgan fingerprint density at radius 1 is 0.459 bits per heavy atom. The van der Waals surface area contributed by atoms with Crippen LogP contribution in [0.3, 0.4) is 0 Å². The molecule has 31 nitrogen and oxygen atoms in total. The third-order valence-corrected chi connectivity index (χ3v) is 17.8. The van der Waals surface area contributed by atoms with Gasteiger partial charge in [0.15, 0.2) is 43.9 Å². The summed E-state index contributed by atoms with van der Waals surface area (Å²) >= 11 is 17.7. The van der Waals surface area contributed by atoms with E-state index < -0.39 is 11.8 Å². The Morgan fingerprint density at radius 2 is 0.838 bits per heavy atom. The van der Waals surface area contributed by atoms with E-state index in [-0.39, 0.29) is 68.6 Å². The van der Waals surface area contributed by atoms with Crippen LogP contribution in [0.4, 0.5) is 35.2 Å². The topological polar surface area (TPSA) is 391 Å². The summed E-state index contributed by atoms with van der Waals surface area (Å²) in [6, 6.07) is 38.7. The van der Waals surface area contributed by atoms with Crippen molar-refractivity contribution < 1.29 is 28.8 Å². The fourth-order valence-electron chi connectivity index (χ4n) is 9.52. The molecule has 1 aliphatic heterocycles. The van der Waals surface area contributed by atoms with E-state index in [0.717, 1.165) is 32.7 Å². The molecule has 570 valence electrons. The van der Waals surface area contributed by atoms with E-state index in [2.05, 4.69) is 128 Å². The fourth-order valence-corrected chi connectivity index (χ4v) is 11.3. The number of anilines is 6. The number of hydrogen-bond acceptors (Lipinski definition) is 29. The number of benzene rings is 3. The quantitative estimate of drug-likeness (QED) is 0.0256. The molecule has 1 fully saturated rings. The van der Waals surface area contributed by atoms with E-state index in [1.54, 1.807) is 80.3 Å². The standard InChI is InChI=1S/C22H25N7OS.C19H17ClN6O2S.C18H15ClN6O2S.C15H18N6OS/c1-28-11-13-29(14-12-28)15-16-6-8-17(9-7-16)20(30)26-21-24-19(25-22(27-21)31-2)18-5-3-4-10-23-18;1-3-15(27)22-11-7-8-13(20)12(10-11)17(28)25-18-23-16(24-19(26-18)29-2)14-6-4-5-9-21-14;1-10(26)21-11-6-7-13(19)12(9-11)16(27)24-17-22-15(23-18(25-17)28-2)14-5-3-4-8-20-14;1-21(2)10-6-8-12(22)17-14-18-13(19-15(20-14)23-3)11-7-4-5-9-16-11/h3-10H,11-15H2,1-2H3,(H,24,25,26,27,30);4-10H,3H2,1-2H3,(H,22,27)(H,23,24,25,26,28);3-9H,1-2H3,(H,21,26)(H,22,23,24,25,27);4-9H,10H2,1-3H3,(H,17,18,19,20,22)/b;;;8-6+. The van der Waals surface area contributed by atoms with E-state index in [0.29, 0.717) is 96.6 Å². The molecular formula is C74H75Cl2N25O6S4. The Kier molecular flexibility index (Phi) is 32.2. The van der Waals surface area contributed by atoms with Crippen molar-refractivity contribution in [3.63, 3.8) is 0 Å². The monoisotopic (exact) mass is 1610 g/mol. The Morgan fingerprint density at radius 3 is 1.19 bits per heavy atom. The summed E-state index contributed by atoms with van der Waals surface area (Å²) in [5.74, 6) is 0.148. The second kappa shape index (κ2) is 42.6. The minimum Gasteiger partial charge on any atom is -0.326 e. The molecule has 1 saturated heterocycles. The van der Waals surface area contributed by atoms with Crippen LogP contribution in [0, 0.1) is 0 Å². The van der Waals surface area contributed by atoms with Crippen molar-refractivity contribution >= 4 is 141 Å². The molecule has 11 aromatic rings. The number of carbonyl (C=O) groups is 6. The van der Waals surface area contributed by atoms with Gasteiger partial charge in [0.1, 0.15) is 22.8 Å². The molecule has 8 aromatic heterocycles. The van der Waals surface area contributed by atoms with Gasteiger partial charge in [-0.3, -0.25) is 74.9 Å². The largest absolute Gasteiger partial charge is 0.326 e. The van der Waals surface area contributed by atoms with Crippen LogP contribution in [0.5, 0.6) is 0 Å². The van der Waals surface area contributed by atoms with Crippen LogP contribution in [0.1, 0.15) is 56.9 Å². The number of thioether (sulfide) groups is 4. The van der Waals surface area contributed by atoms with Crippen molar-refractivity contribution in [2.45, 2.75) is 47.4 Å². The zero-order valence-electron chi connectivity index (χ0n) is 61.5. The van der Waals surface area contributed by atoms with Gasteiger partial charge in [0, 0.05) is 100 Å². The van der Waals surface area contributed by atoms with Gasteiger partial charge in [-0.1, -0.05) is 120 Å². The molecule has 9 heterocycles. The van der Waals surface area contributed by atoms with Crippen molar-refractivity contribution in [2.75, 3.05) is 111 Å². The van der Waals surface area contributed by atoms with Crippen LogP contribution < -0.4 is 31.9 Å². The first-order valence-electron chi connectivity index (χ1n) is 33.7. The summed E-state index contributed by atoms with van der Waals surface area (Å²) < 4.78 is 0. The molecule has 0 saturated carbocycles. The van der Waals surface area contributed by atoms with E-state index in [4.69, 9.17) is 23.2 Å². The first-order chi connectivity index (χ1) is 53.6. The number of pyridine rings is 4. The van der Waals surface area contributed by atoms with Gasteiger partial charge in [0.05, 0.1) is 21.2 Å². The van der Waals surface area contributed by atoms with E-state index in [9.17, 15) is 28.8 Å². The second-order valence-corrected chi connectivity index (χ2v) is 27.4. The van der Waals surface area contributed by atoms with Crippen molar-refractivity contribution in [1.82, 2.24) is 94.4 Å². The third kappa shape index (κ3) is 26.5. The molecule has 6 amide bonds. The molecule has 0 radical (unpaired) electrons. The predicted molar refractivity (Wildman–Crippen MR) is 435 cm³/mol. The third-order valence-electron chi connectivity index (χ3n) is 15.0. The SMILES string of the molecule is CCC(=O)Nc1ccc(Cl)c(C(=O)Nc2nc(SC)nc(-c3ccccn3)n2)c1.CSc1nc(NC(=O)/C=C/CN(C)C)nc(-c2ccccn2)n1.CSc1nc(NC(=O)c2cc(NC(C)=O)ccc2Cl)nc(-c2ccccn2)n1.CSc1nc(NC(=O)c2ccc(CN3CCN(C)CC3)cc2)nc(-c2ccccn2)n1. The van der Waals surface area contributed by atoms with Crippen LogP contribution in [0.2, 0.25) is 10.0 Å². The summed E-state index contributed by atoms with van der Waals surface area (Å²) in [7, 11) is 6.01. The maximum absolute atomic E-state index is 12.8. The molecule has 1 aliphatic rings. The zero-order chi connectivity index (χ0) is 79.2. The molecule has 6 N–H and O–H groups in total. The molecule has 0 unspecified atom stereocenters. The lowest BCUT2D eigenvalue weighted by atomic mass is 10.1. The van der Waals surface area contributed by atoms with E-state index >= 15 is 0 Å². The number of rotatable bonds is 23. The molecule has 111 heavy (non-hydrogen) atoms. The minimum atomic E-state index is -0.512. The number of carbonyl (C=O) groups excluding carboxylic acids is 6. The summed E-state index contributed by atoms with van der Waals surface area (Å²) in [6.45, 7) is 9.00. The van der Waals surface area contributed by atoms with Gasteiger partial charge in [-0.25, -0.2) is 19.9 Å². The molecule has 0 aliphatic carbocycles. The van der Waals surface area contributed by atoms with Gasteiger partial charge in [-0.05, 0) is 149 Å². The maximum atomic E-state index is 12.8. The Hall–Kier alpha value is -11.3. The van der Waals surface area contributed by atoms with Crippen molar-refractivity contribution in [3.05, 3.63) is 203 Å². The lowest BCUT2D eigenvalue weighted by Gasteiger charge is -2.32. The second-order valence-electron chi connectivity index (χ2n) is 23.5. The van der Waals surface area contributed by atoms with Gasteiger partial charge in [-0.15, -0.1) is 0 Å². The summed E-state index contributed by atoms with van der Waals surface area (Å²) in [4.78, 5) is 148. The highest BCUT2D eigenvalue weighted by atomic mass is 35.5. The first kappa shape index (κ1) is 83.8. The number of hydrogen-bond donors (Lipinski definition) is 6. The van der Waals surface area contributed by atoms with Crippen LogP contribution in [-0.2, 0) is 20.9 Å². The van der Waals surface area contributed by atoms with Gasteiger partial charge in [0.25, 0.3) is 17.7 Å². The highest BCUT2D eigenvalue weighted by Gasteiger charge is 2.21. The first-order valence-corrected chi connectivity index (χ1v) is 39.4. The number of halogens is 2. The molecule has 37 heteroatoms. The highest BCUT2D eigenvalue weighted by molar-refractivity contribution is 7.99. The smallest absolute Gasteiger partial charge is 0.259 e. The average molecular weight is 1610 g/mol. The average Bonchev–Trinajstić information content (AvgIpc) is 0.840. The molecule has 0 bridgehead atoms. The number of nitrogens with zero attached hydrogens (tertiary/aromatic N) is 19. The van der Waals surface area contributed by atoms with Crippen LogP contribution in [-0.4, -0.2) is 209 Å². The van der Waals surface area contributed by atoms with Crippen LogP contribution in [0.15, 0.2) is 191 Å². The molecular weight excluding hydrogens is 1530 g/mol. The lowest BCUT2D eigenvalue weighted by Crippen LogP contribution is -2.43. The Bertz CT molecular complexity index is 5030. The Labute approximate surface area is 666 Å². The number of likely N-dealkylation sites (N-methyl/N-ethyl adjacent to an activating group) is 2. The molecule has 12 rings (SSSR count). The number of amides is 6. The molecule has 0 atom stereocenters.